The van der Waals surface area contributed by atoms with Gasteiger partial charge < -0.3 is 9.84 Å². The summed E-state index contributed by atoms with van der Waals surface area (Å²) in [6, 6.07) is 5.02. The molecule has 1 aliphatic heterocycles. The number of carboxylic acids is 1. The monoisotopic (exact) mass is 327 g/mol. The molecule has 1 heterocycles. The van der Waals surface area contributed by atoms with Gasteiger partial charge in [-0.2, -0.15) is 4.31 Å². The van der Waals surface area contributed by atoms with Gasteiger partial charge in [-0.25, -0.2) is 13.2 Å². The largest absolute Gasteiger partial charge is 0.480 e. The summed E-state index contributed by atoms with van der Waals surface area (Å²) in [5.41, 5.74) is 0.817. The van der Waals surface area contributed by atoms with Crippen molar-refractivity contribution < 1.29 is 27.9 Å². The Bertz CT molecular complexity index is 667. The summed E-state index contributed by atoms with van der Waals surface area (Å²) in [6.45, 7) is 0.222. The molecule has 22 heavy (non-hydrogen) atoms. The number of nitrogens with zero attached hydrogens (tertiary/aromatic N) is 1. The highest BCUT2D eigenvalue weighted by Gasteiger charge is 2.38. The van der Waals surface area contributed by atoms with Gasteiger partial charge in [-0.05, 0) is 30.5 Å². The average molecular weight is 327 g/mol. The van der Waals surface area contributed by atoms with E-state index in [1.807, 2.05) is 0 Å². The van der Waals surface area contributed by atoms with Crippen LogP contribution in [0.3, 0.4) is 0 Å². The van der Waals surface area contributed by atoms with Crippen LogP contribution in [-0.2, 0) is 25.3 Å². The van der Waals surface area contributed by atoms with E-state index in [0.717, 1.165) is 4.31 Å². The van der Waals surface area contributed by atoms with Crippen LogP contribution in [-0.4, -0.2) is 49.5 Å². The Balaban J connectivity index is 2.15. The second kappa shape index (κ2) is 6.45. The summed E-state index contributed by atoms with van der Waals surface area (Å²) in [7, 11) is -2.45. The van der Waals surface area contributed by atoms with Gasteiger partial charge in [0, 0.05) is 6.54 Å². The van der Waals surface area contributed by atoms with Crippen molar-refractivity contribution in [3.05, 3.63) is 35.4 Å². The minimum atomic E-state index is -3.71. The van der Waals surface area contributed by atoms with E-state index >= 15 is 0 Å². The molecule has 0 amide bonds. The van der Waals surface area contributed by atoms with Crippen LogP contribution in [0.15, 0.2) is 24.3 Å². The Labute approximate surface area is 128 Å². The standard InChI is InChI=1S/C14H17NO6S/c1-21-14(18)11-6-4-10(5-7-11)9-22(19,20)15-8-2-3-12(15)13(16)17/h4-7,12H,2-3,8-9H2,1H3,(H,16,17)/t12-/m1/s1. The lowest BCUT2D eigenvalue weighted by Gasteiger charge is -2.20. The molecule has 0 radical (unpaired) electrons. The van der Waals surface area contributed by atoms with Gasteiger partial charge in [0.1, 0.15) is 6.04 Å². The predicted octanol–water partition coefficient (Wildman–Crippen LogP) is 0.852. The molecule has 1 N–H and O–H groups in total. The van der Waals surface area contributed by atoms with Crippen molar-refractivity contribution in [3.63, 3.8) is 0 Å². The molecule has 1 aromatic carbocycles. The third-order valence-corrected chi connectivity index (χ3v) is 5.42. The predicted molar refractivity (Wildman–Crippen MR) is 77.8 cm³/mol. The molecule has 1 aromatic rings. The average Bonchev–Trinajstić information content (AvgIpc) is 2.97. The van der Waals surface area contributed by atoms with Crippen LogP contribution in [0.4, 0.5) is 0 Å². The van der Waals surface area contributed by atoms with Crippen LogP contribution in [0, 0.1) is 0 Å². The summed E-state index contributed by atoms with van der Waals surface area (Å²) >= 11 is 0. The highest BCUT2D eigenvalue weighted by atomic mass is 32.2. The van der Waals surface area contributed by atoms with E-state index < -0.39 is 28.0 Å². The molecule has 0 aliphatic carbocycles. The zero-order valence-corrected chi connectivity index (χ0v) is 12.9. The molecular weight excluding hydrogens is 310 g/mol. The van der Waals surface area contributed by atoms with Crippen LogP contribution < -0.4 is 0 Å². The molecule has 120 valence electrons. The fourth-order valence-electron chi connectivity index (χ4n) is 2.47. The van der Waals surface area contributed by atoms with E-state index in [4.69, 9.17) is 5.11 Å². The topological polar surface area (TPSA) is 101 Å². The van der Waals surface area contributed by atoms with Gasteiger partial charge in [0.15, 0.2) is 0 Å². The van der Waals surface area contributed by atoms with E-state index in [-0.39, 0.29) is 12.3 Å². The number of hydrogen-bond donors (Lipinski definition) is 1. The SMILES string of the molecule is COC(=O)c1ccc(CS(=O)(=O)N2CCC[C@@H]2C(=O)O)cc1. The van der Waals surface area contributed by atoms with Crippen molar-refractivity contribution >= 4 is 22.0 Å². The number of aliphatic carboxylic acids is 1. The molecule has 0 saturated carbocycles. The Morgan fingerprint density at radius 2 is 1.95 bits per heavy atom. The maximum atomic E-state index is 12.4. The zero-order chi connectivity index (χ0) is 16.3. The third kappa shape index (κ3) is 3.45. The minimum absolute atomic E-state index is 0.222. The lowest BCUT2D eigenvalue weighted by Crippen LogP contribution is -2.40. The summed E-state index contributed by atoms with van der Waals surface area (Å²) < 4.78 is 30.3. The number of carboxylic acid groups (broad SMARTS) is 1. The van der Waals surface area contributed by atoms with Crippen molar-refractivity contribution in [2.45, 2.75) is 24.6 Å². The molecule has 1 saturated heterocycles. The summed E-state index contributed by atoms with van der Waals surface area (Å²) in [6.07, 6.45) is 0.868. The van der Waals surface area contributed by atoms with Gasteiger partial charge in [0.05, 0.1) is 18.4 Å². The number of benzene rings is 1. The molecule has 1 atom stereocenters. The van der Waals surface area contributed by atoms with Crippen molar-refractivity contribution in [2.75, 3.05) is 13.7 Å². The first-order valence-electron chi connectivity index (χ1n) is 6.75. The Kier molecular flexibility index (Phi) is 4.82. The van der Waals surface area contributed by atoms with Gasteiger partial charge in [0.25, 0.3) is 0 Å². The lowest BCUT2D eigenvalue weighted by molar-refractivity contribution is -0.140. The fraction of sp³-hybridized carbons (Fsp3) is 0.429. The first kappa shape index (κ1) is 16.4. The summed E-state index contributed by atoms with van der Waals surface area (Å²) in [4.78, 5) is 22.4. The van der Waals surface area contributed by atoms with E-state index in [1.165, 1.54) is 31.4 Å². The maximum absolute atomic E-state index is 12.4. The molecular formula is C14H17NO6S. The van der Waals surface area contributed by atoms with Crippen molar-refractivity contribution in [1.82, 2.24) is 4.31 Å². The van der Waals surface area contributed by atoms with Crippen LogP contribution in [0.2, 0.25) is 0 Å². The van der Waals surface area contributed by atoms with E-state index in [0.29, 0.717) is 24.0 Å². The highest BCUT2D eigenvalue weighted by Crippen LogP contribution is 2.23. The van der Waals surface area contributed by atoms with Gasteiger partial charge in [0.2, 0.25) is 10.0 Å². The quantitative estimate of drug-likeness (QED) is 0.805. The molecule has 7 nitrogen and oxygen atoms in total. The number of ether oxygens (including phenoxy) is 1. The third-order valence-electron chi connectivity index (χ3n) is 3.57. The second-order valence-corrected chi connectivity index (χ2v) is 6.97. The Morgan fingerprint density at radius 1 is 1.32 bits per heavy atom. The summed E-state index contributed by atoms with van der Waals surface area (Å²) in [5, 5.41) is 9.08. The first-order chi connectivity index (χ1) is 10.3. The summed E-state index contributed by atoms with van der Waals surface area (Å²) in [5.74, 6) is -1.92. The van der Waals surface area contributed by atoms with Gasteiger partial charge in [-0.15, -0.1) is 0 Å². The number of sulfonamides is 1. The lowest BCUT2D eigenvalue weighted by atomic mass is 10.1. The fourth-order valence-corrected chi connectivity index (χ4v) is 4.24. The Morgan fingerprint density at radius 3 is 2.50 bits per heavy atom. The van der Waals surface area contributed by atoms with Crippen LogP contribution in [0.1, 0.15) is 28.8 Å². The van der Waals surface area contributed by atoms with Crippen LogP contribution in [0.5, 0.6) is 0 Å². The molecule has 0 spiro atoms. The van der Waals surface area contributed by atoms with Crippen molar-refractivity contribution in [3.8, 4) is 0 Å². The smallest absolute Gasteiger partial charge is 0.337 e. The molecule has 1 fully saturated rings. The molecule has 8 heteroatoms. The minimum Gasteiger partial charge on any atom is -0.480 e. The van der Waals surface area contributed by atoms with Crippen molar-refractivity contribution in [1.29, 1.82) is 0 Å². The molecule has 0 aromatic heterocycles. The van der Waals surface area contributed by atoms with E-state index in [9.17, 15) is 18.0 Å². The second-order valence-electron chi connectivity index (χ2n) is 5.05. The van der Waals surface area contributed by atoms with Gasteiger partial charge in [-0.1, -0.05) is 12.1 Å². The molecule has 2 rings (SSSR count). The zero-order valence-electron chi connectivity index (χ0n) is 12.1. The maximum Gasteiger partial charge on any atom is 0.337 e. The normalized spacial score (nSPS) is 19.0. The van der Waals surface area contributed by atoms with Gasteiger partial charge in [-0.3, -0.25) is 4.79 Å². The number of methoxy groups -OCH3 is 1. The highest BCUT2D eigenvalue weighted by molar-refractivity contribution is 7.88. The van der Waals surface area contributed by atoms with Crippen LogP contribution >= 0.6 is 0 Å². The molecule has 0 unspecified atom stereocenters. The van der Waals surface area contributed by atoms with E-state index in [1.54, 1.807) is 0 Å². The number of esters is 1. The van der Waals surface area contributed by atoms with Gasteiger partial charge >= 0.3 is 11.9 Å². The number of rotatable bonds is 5. The van der Waals surface area contributed by atoms with Crippen molar-refractivity contribution in [2.24, 2.45) is 0 Å². The number of carbonyl (C=O) groups excluding carboxylic acids is 1. The number of hydrogen-bond acceptors (Lipinski definition) is 5. The Hall–Kier alpha value is -1.93. The number of carbonyl (C=O) groups is 2. The molecule has 1 aliphatic rings. The molecule has 0 bridgehead atoms. The van der Waals surface area contributed by atoms with E-state index in [2.05, 4.69) is 4.74 Å². The van der Waals surface area contributed by atoms with Crippen LogP contribution in [0.25, 0.3) is 0 Å². The first-order valence-corrected chi connectivity index (χ1v) is 8.35.